The average molecular weight is 713 g/mol. The number of anilines is 3. The number of aromatic nitrogens is 1. The highest BCUT2D eigenvalue weighted by atomic mass is 32.2. The molecule has 50 heavy (non-hydrogen) atoms. The number of unbranched alkanes of at least 4 members (excludes halogenated alkanes) is 2. The molecule has 0 saturated carbocycles. The van der Waals surface area contributed by atoms with Crippen LogP contribution in [0, 0.1) is 19.8 Å². The molecule has 14 nitrogen and oxygen atoms in total. The molecule has 0 unspecified atom stereocenters. The van der Waals surface area contributed by atoms with Crippen LogP contribution in [0.3, 0.4) is 0 Å². The summed E-state index contributed by atoms with van der Waals surface area (Å²) in [6, 6.07) is 11.6. The molecule has 3 aromatic rings. The van der Waals surface area contributed by atoms with Gasteiger partial charge in [-0.05, 0) is 63.9 Å². The first-order valence-electron chi connectivity index (χ1n) is 16.7. The molecule has 0 bridgehead atoms. The Hall–Kier alpha value is -4.47. The Morgan fingerprint density at radius 2 is 1.78 bits per heavy atom. The van der Waals surface area contributed by atoms with Crippen LogP contribution in [0.1, 0.15) is 63.0 Å². The van der Waals surface area contributed by atoms with Gasteiger partial charge < -0.3 is 35.6 Å². The minimum atomic E-state index is -3.98. The monoisotopic (exact) mass is 712 g/mol. The molecule has 1 aliphatic heterocycles. The number of amides is 3. The second-order valence-corrected chi connectivity index (χ2v) is 14.9. The number of nitrogen functional groups attached to an aromatic ring is 1. The number of nitrogens with zero attached hydrogens (tertiary/aromatic N) is 3. The second-order valence-electron chi connectivity index (χ2n) is 12.9. The first kappa shape index (κ1) is 38.3. The highest BCUT2D eigenvalue weighted by Crippen LogP contribution is 2.31. The third-order valence-corrected chi connectivity index (χ3v) is 10.9. The van der Waals surface area contributed by atoms with Crippen LogP contribution >= 0.6 is 0 Å². The van der Waals surface area contributed by atoms with E-state index in [-0.39, 0.29) is 72.5 Å². The molecular weight excluding hydrogens is 664 g/mol. The highest BCUT2D eigenvalue weighted by molar-refractivity contribution is 7.89. The number of para-hydroxylation sites is 2. The van der Waals surface area contributed by atoms with Crippen LogP contribution in [-0.4, -0.2) is 84.5 Å². The summed E-state index contributed by atoms with van der Waals surface area (Å²) in [7, 11) is -2.52. The minimum Gasteiger partial charge on any atom is -0.488 e. The van der Waals surface area contributed by atoms with Gasteiger partial charge in [0.2, 0.25) is 27.7 Å². The predicted octanol–water partition coefficient (Wildman–Crippen LogP) is 3.87. The van der Waals surface area contributed by atoms with Gasteiger partial charge >= 0.3 is 0 Å². The summed E-state index contributed by atoms with van der Waals surface area (Å²) in [5, 5.41) is 19.4. The molecule has 1 aromatic heterocycles. The molecule has 15 heteroatoms. The number of carbonyl (C=O) groups excluding carboxylic acids is 3. The van der Waals surface area contributed by atoms with Gasteiger partial charge in [0.1, 0.15) is 22.4 Å². The fourth-order valence-corrected chi connectivity index (χ4v) is 7.34. The predicted molar refractivity (Wildman–Crippen MR) is 189 cm³/mol. The standard InChI is InChI=1S/C35H48N6O8S/c1-22-19-41(23(2)21-42)34(45)18-26-17-27(37-32(43)13-7-6-8-14-33(44)38-29-12-10-9-11-28(29)36)15-16-30(26)48-31(22)20-40(5)50(46,47)35-24(3)39-49-25(35)4/h9-12,15-17,22-23,31,42H,6-8,13-14,18-21,36H2,1-5H3,(H,37,43)(H,38,44)/t22-,23+,31+/m0/s1. The molecule has 0 spiro atoms. The van der Waals surface area contributed by atoms with Crippen LogP contribution in [0.15, 0.2) is 51.9 Å². The molecule has 3 atom stereocenters. The van der Waals surface area contributed by atoms with E-state index in [4.69, 9.17) is 15.0 Å². The Balaban J connectivity index is 1.42. The maximum atomic E-state index is 13.6. The Labute approximate surface area is 293 Å². The average Bonchev–Trinajstić information content (AvgIpc) is 3.43. The number of sulfonamides is 1. The minimum absolute atomic E-state index is 0.00127. The molecule has 1 aliphatic rings. The van der Waals surface area contributed by atoms with Crippen molar-refractivity contribution in [3.63, 3.8) is 0 Å². The first-order valence-corrected chi connectivity index (χ1v) is 18.2. The number of fused-ring (bicyclic) bond motifs is 1. The van der Waals surface area contributed by atoms with Crippen LogP contribution in [-0.2, 0) is 30.8 Å². The lowest BCUT2D eigenvalue weighted by Crippen LogP contribution is -2.48. The van der Waals surface area contributed by atoms with Gasteiger partial charge in [-0.25, -0.2) is 8.42 Å². The number of aryl methyl sites for hydroxylation is 2. The Morgan fingerprint density at radius 1 is 1.10 bits per heavy atom. The summed E-state index contributed by atoms with van der Waals surface area (Å²) in [5.41, 5.74) is 8.20. The smallest absolute Gasteiger partial charge is 0.248 e. The molecule has 0 radical (unpaired) electrons. The van der Waals surface area contributed by atoms with E-state index in [2.05, 4.69) is 15.8 Å². The topological polar surface area (TPSA) is 197 Å². The molecule has 2 heterocycles. The van der Waals surface area contributed by atoms with Crippen molar-refractivity contribution < 1.29 is 37.2 Å². The molecule has 4 rings (SSSR count). The van der Waals surface area contributed by atoms with Crippen molar-refractivity contribution in [1.82, 2.24) is 14.4 Å². The van der Waals surface area contributed by atoms with Gasteiger partial charge in [-0.2, -0.15) is 4.31 Å². The Bertz CT molecular complexity index is 1760. The van der Waals surface area contributed by atoms with E-state index in [0.29, 0.717) is 54.1 Å². The first-order chi connectivity index (χ1) is 23.7. The van der Waals surface area contributed by atoms with Gasteiger partial charge in [0.15, 0.2) is 5.76 Å². The number of nitrogens with one attached hydrogen (secondary N) is 2. The largest absolute Gasteiger partial charge is 0.488 e. The maximum absolute atomic E-state index is 13.6. The molecule has 272 valence electrons. The fourth-order valence-electron chi connectivity index (χ4n) is 5.87. The number of rotatable bonds is 14. The number of hydrogen-bond acceptors (Lipinski definition) is 10. The van der Waals surface area contributed by atoms with Crippen LogP contribution < -0.4 is 21.1 Å². The second kappa shape index (κ2) is 17.0. The van der Waals surface area contributed by atoms with Crippen LogP contribution in [0.25, 0.3) is 0 Å². The van der Waals surface area contributed by atoms with Crippen molar-refractivity contribution >= 4 is 44.8 Å². The number of hydrogen-bond donors (Lipinski definition) is 4. The van der Waals surface area contributed by atoms with Crippen molar-refractivity contribution in [2.45, 2.75) is 83.3 Å². The van der Waals surface area contributed by atoms with Gasteiger partial charge in [0, 0.05) is 43.6 Å². The summed E-state index contributed by atoms with van der Waals surface area (Å²) in [6.45, 7) is 6.66. The van der Waals surface area contributed by atoms with E-state index in [1.807, 2.05) is 6.92 Å². The Morgan fingerprint density at radius 3 is 2.42 bits per heavy atom. The van der Waals surface area contributed by atoms with E-state index in [9.17, 15) is 27.9 Å². The number of likely N-dealkylation sites (N-methyl/N-ethyl adjacent to an activating group) is 1. The SMILES string of the molecule is Cc1noc(C)c1S(=O)(=O)N(C)C[C@H]1Oc2ccc(NC(=O)CCCCCC(=O)Nc3ccccc3N)cc2CC(=O)N([C@H](C)CO)C[C@@H]1C. The number of aliphatic hydroxyl groups is 1. The molecular formula is C35H48N6O8S. The lowest BCUT2D eigenvalue weighted by Gasteiger charge is -2.33. The molecule has 2 aromatic carbocycles. The van der Waals surface area contributed by atoms with E-state index in [1.54, 1.807) is 61.2 Å². The number of aliphatic hydroxyl groups excluding tert-OH is 1. The maximum Gasteiger partial charge on any atom is 0.248 e. The quantitative estimate of drug-likeness (QED) is 0.141. The lowest BCUT2D eigenvalue weighted by molar-refractivity contribution is -0.134. The van der Waals surface area contributed by atoms with Gasteiger partial charge in [-0.3, -0.25) is 14.4 Å². The molecule has 0 aliphatic carbocycles. The third-order valence-electron chi connectivity index (χ3n) is 8.82. The van der Waals surface area contributed by atoms with Gasteiger partial charge in [0.25, 0.3) is 0 Å². The van der Waals surface area contributed by atoms with Crippen LogP contribution in [0.5, 0.6) is 5.75 Å². The Kier molecular flexibility index (Phi) is 13.0. The van der Waals surface area contributed by atoms with Crippen molar-refractivity contribution in [3.8, 4) is 5.75 Å². The van der Waals surface area contributed by atoms with E-state index in [1.165, 1.54) is 18.3 Å². The molecule has 0 fully saturated rings. The van der Waals surface area contributed by atoms with Crippen molar-refractivity contribution in [1.29, 1.82) is 0 Å². The van der Waals surface area contributed by atoms with Crippen molar-refractivity contribution in [2.24, 2.45) is 5.92 Å². The lowest BCUT2D eigenvalue weighted by atomic mass is 10.0. The molecule has 5 N–H and O–H groups in total. The van der Waals surface area contributed by atoms with E-state index < -0.39 is 22.2 Å². The number of ether oxygens (including phenoxy) is 1. The summed E-state index contributed by atoms with van der Waals surface area (Å²) in [5.74, 6) is -0.340. The summed E-state index contributed by atoms with van der Waals surface area (Å²) < 4.78 is 39.8. The number of benzene rings is 2. The van der Waals surface area contributed by atoms with Crippen molar-refractivity contribution in [3.05, 3.63) is 59.5 Å². The van der Waals surface area contributed by atoms with Gasteiger partial charge in [0.05, 0.1) is 37.0 Å². The van der Waals surface area contributed by atoms with Crippen molar-refractivity contribution in [2.75, 3.05) is 43.1 Å². The van der Waals surface area contributed by atoms with Gasteiger partial charge in [-0.15, -0.1) is 0 Å². The number of nitrogens with two attached hydrogens (primary N) is 1. The molecule has 3 amide bonds. The highest BCUT2D eigenvalue weighted by Gasteiger charge is 2.35. The summed E-state index contributed by atoms with van der Waals surface area (Å²) in [4.78, 5) is 40.2. The molecule has 0 saturated heterocycles. The number of carbonyl (C=O) groups is 3. The summed E-state index contributed by atoms with van der Waals surface area (Å²) >= 11 is 0. The van der Waals surface area contributed by atoms with E-state index in [0.717, 1.165) is 0 Å². The van der Waals surface area contributed by atoms with Gasteiger partial charge in [-0.1, -0.05) is 30.6 Å². The normalized spacial score (nSPS) is 17.3. The zero-order chi connectivity index (χ0) is 36.6. The van der Waals surface area contributed by atoms with E-state index >= 15 is 0 Å². The van der Waals surface area contributed by atoms with Crippen LogP contribution in [0.2, 0.25) is 0 Å². The van der Waals surface area contributed by atoms with Crippen LogP contribution in [0.4, 0.5) is 17.1 Å². The summed E-state index contributed by atoms with van der Waals surface area (Å²) in [6.07, 6.45) is 1.69. The zero-order valence-electron chi connectivity index (χ0n) is 29.3. The third kappa shape index (κ3) is 9.61. The fraction of sp³-hybridized carbons (Fsp3) is 0.486. The zero-order valence-corrected chi connectivity index (χ0v) is 30.1.